The lowest BCUT2D eigenvalue weighted by Gasteiger charge is -2.19. The molecule has 1 aromatic carbocycles. The van der Waals surface area contributed by atoms with Crippen LogP contribution in [0.25, 0.3) is 0 Å². The van der Waals surface area contributed by atoms with E-state index in [1.54, 1.807) is 18.4 Å². The van der Waals surface area contributed by atoms with Gasteiger partial charge in [-0.3, -0.25) is 4.79 Å². The second-order valence-electron chi connectivity index (χ2n) is 4.90. The SMILES string of the molecule is CCC(NC(=O)CCc1ccsc1)c1ccccc1OC. The highest BCUT2D eigenvalue weighted by molar-refractivity contribution is 7.07. The number of rotatable bonds is 7. The number of aryl methyl sites for hydroxylation is 1. The normalized spacial score (nSPS) is 11.9. The minimum Gasteiger partial charge on any atom is -0.496 e. The highest BCUT2D eigenvalue weighted by atomic mass is 32.1. The minimum absolute atomic E-state index is 0.00359. The number of para-hydroxylation sites is 1. The summed E-state index contributed by atoms with van der Waals surface area (Å²) in [5, 5.41) is 7.23. The van der Waals surface area contributed by atoms with Crippen molar-refractivity contribution in [2.24, 2.45) is 0 Å². The second-order valence-corrected chi connectivity index (χ2v) is 5.68. The molecule has 4 heteroatoms. The molecule has 1 aromatic heterocycles. The summed E-state index contributed by atoms with van der Waals surface area (Å²) in [6, 6.07) is 9.90. The largest absolute Gasteiger partial charge is 0.496 e. The summed E-state index contributed by atoms with van der Waals surface area (Å²) in [4.78, 5) is 12.1. The molecule has 0 aliphatic rings. The number of nitrogens with one attached hydrogen (secondary N) is 1. The molecule has 1 heterocycles. The van der Waals surface area contributed by atoms with E-state index >= 15 is 0 Å². The molecule has 112 valence electrons. The standard InChI is InChI=1S/C17H21NO2S/c1-3-15(14-6-4-5-7-16(14)20-2)18-17(19)9-8-13-10-11-21-12-13/h4-7,10-12,15H,3,8-9H2,1-2H3,(H,18,19). The predicted octanol–water partition coefficient (Wildman–Crippen LogP) is 3.96. The second kappa shape index (κ2) is 7.84. The van der Waals surface area contributed by atoms with Gasteiger partial charge in [-0.05, 0) is 41.3 Å². The quantitative estimate of drug-likeness (QED) is 0.841. The number of carbonyl (C=O) groups excluding carboxylic acids is 1. The first kappa shape index (κ1) is 15.6. The Labute approximate surface area is 130 Å². The number of methoxy groups -OCH3 is 1. The summed E-state index contributed by atoms with van der Waals surface area (Å²) in [5.74, 6) is 0.904. The molecule has 3 nitrogen and oxygen atoms in total. The molecule has 2 rings (SSSR count). The van der Waals surface area contributed by atoms with Crippen LogP contribution in [0.2, 0.25) is 0 Å². The van der Waals surface area contributed by atoms with Crippen molar-refractivity contribution in [1.29, 1.82) is 0 Å². The number of thiophene rings is 1. The third-order valence-corrected chi connectivity index (χ3v) is 4.21. The molecule has 2 aromatic rings. The topological polar surface area (TPSA) is 38.3 Å². The van der Waals surface area contributed by atoms with Crippen molar-refractivity contribution in [3.63, 3.8) is 0 Å². The summed E-state index contributed by atoms with van der Waals surface area (Å²) in [7, 11) is 1.66. The molecule has 0 saturated carbocycles. The predicted molar refractivity (Wildman–Crippen MR) is 86.8 cm³/mol. The number of ether oxygens (including phenoxy) is 1. The van der Waals surface area contributed by atoms with Crippen LogP contribution in [0.5, 0.6) is 5.75 Å². The van der Waals surface area contributed by atoms with E-state index in [4.69, 9.17) is 4.74 Å². The van der Waals surface area contributed by atoms with Crippen molar-refractivity contribution in [2.75, 3.05) is 7.11 Å². The van der Waals surface area contributed by atoms with Crippen LogP contribution in [0.15, 0.2) is 41.1 Å². The maximum atomic E-state index is 12.1. The Kier molecular flexibility index (Phi) is 5.81. The van der Waals surface area contributed by atoms with Crippen LogP contribution in [0.4, 0.5) is 0 Å². The van der Waals surface area contributed by atoms with Crippen molar-refractivity contribution >= 4 is 17.2 Å². The van der Waals surface area contributed by atoms with E-state index in [0.717, 1.165) is 24.2 Å². The zero-order chi connectivity index (χ0) is 15.1. The first-order valence-electron chi connectivity index (χ1n) is 7.18. The van der Waals surface area contributed by atoms with Crippen LogP contribution in [0.1, 0.15) is 36.9 Å². The molecule has 0 fully saturated rings. The first-order valence-corrected chi connectivity index (χ1v) is 8.12. The number of hydrogen-bond acceptors (Lipinski definition) is 3. The highest BCUT2D eigenvalue weighted by Crippen LogP contribution is 2.26. The van der Waals surface area contributed by atoms with E-state index < -0.39 is 0 Å². The molecule has 0 aliphatic heterocycles. The van der Waals surface area contributed by atoms with Gasteiger partial charge in [-0.1, -0.05) is 25.1 Å². The Morgan fingerprint density at radius 2 is 2.14 bits per heavy atom. The zero-order valence-electron chi connectivity index (χ0n) is 12.5. The maximum absolute atomic E-state index is 12.1. The number of carbonyl (C=O) groups is 1. The summed E-state index contributed by atoms with van der Waals surface area (Å²) in [6.45, 7) is 2.07. The first-order chi connectivity index (χ1) is 10.2. The molecule has 0 aliphatic carbocycles. The third kappa shape index (κ3) is 4.33. The van der Waals surface area contributed by atoms with Crippen molar-refractivity contribution in [1.82, 2.24) is 5.32 Å². The van der Waals surface area contributed by atoms with Gasteiger partial charge in [0.05, 0.1) is 13.2 Å². The van der Waals surface area contributed by atoms with Crippen LogP contribution < -0.4 is 10.1 Å². The van der Waals surface area contributed by atoms with E-state index in [9.17, 15) is 4.79 Å². The fourth-order valence-electron chi connectivity index (χ4n) is 2.31. The van der Waals surface area contributed by atoms with Gasteiger partial charge in [0.1, 0.15) is 5.75 Å². The van der Waals surface area contributed by atoms with E-state index in [0.29, 0.717) is 6.42 Å². The highest BCUT2D eigenvalue weighted by Gasteiger charge is 2.16. The van der Waals surface area contributed by atoms with Gasteiger partial charge in [0.2, 0.25) is 5.91 Å². The van der Waals surface area contributed by atoms with Crippen LogP contribution in [-0.4, -0.2) is 13.0 Å². The minimum atomic E-state index is -0.00359. The fourth-order valence-corrected chi connectivity index (χ4v) is 3.02. The molecule has 1 amide bonds. The van der Waals surface area contributed by atoms with Crippen molar-refractivity contribution < 1.29 is 9.53 Å². The Morgan fingerprint density at radius 3 is 2.81 bits per heavy atom. The summed E-state index contributed by atoms with van der Waals surface area (Å²) in [6.07, 6.45) is 2.14. The van der Waals surface area contributed by atoms with Crippen molar-refractivity contribution in [3.05, 3.63) is 52.2 Å². The maximum Gasteiger partial charge on any atom is 0.220 e. The molecular formula is C17H21NO2S. The Bertz CT molecular complexity index is 566. The van der Waals surface area contributed by atoms with Crippen LogP contribution in [0, 0.1) is 0 Å². The number of hydrogen-bond donors (Lipinski definition) is 1. The molecule has 1 atom stereocenters. The van der Waals surface area contributed by atoms with Gasteiger partial charge in [0.15, 0.2) is 0 Å². The third-order valence-electron chi connectivity index (χ3n) is 3.48. The van der Waals surface area contributed by atoms with Gasteiger partial charge in [0.25, 0.3) is 0 Å². The van der Waals surface area contributed by atoms with Gasteiger partial charge in [-0.15, -0.1) is 0 Å². The van der Waals surface area contributed by atoms with E-state index in [-0.39, 0.29) is 11.9 Å². The average molecular weight is 303 g/mol. The number of benzene rings is 1. The molecule has 21 heavy (non-hydrogen) atoms. The molecule has 0 spiro atoms. The molecule has 0 radical (unpaired) electrons. The summed E-state index contributed by atoms with van der Waals surface area (Å²) in [5.41, 5.74) is 2.26. The molecule has 0 bridgehead atoms. The van der Waals surface area contributed by atoms with Gasteiger partial charge in [-0.25, -0.2) is 0 Å². The Balaban J connectivity index is 1.96. The van der Waals surface area contributed by atoms with Gasteiger partial charge >= 0.3 is 0 Å². The molecule has 1 unspecified atom stereocenters. The summed E-state index contributed by atoms with van der Waals surface area (Å²) < 4.78 is 5.38. The average Bonchev–Trinajstić information content (AvgIpc) is 3.04. The van der Waals surface area contributed by atoms with E-state index in [2.05, 4.69) is 23.7 Å². The Morgan fingerprint density at radius 1 is 1.33 bits per heavy atom. The Hall–Kier alpha value is -1.81. The lowest BCUT2D eigenvalue weighted by atomic mass is 10.0. The molecule has 0 saturated heterocycles. The molecule has 1 N–H and O–H groups in total. The lowest BCUT2D eigenvalue weighted by molar-refractivity contribution is -0.121. The van der Waals surface area contributed by atoms with E-state index in [1.165, 1.54) is 5.56 Å². The van der Waals surface area contributed by atoms with Gasteiger partial charge < -0.3 is 10.1 Å². The smallest absolute Gasteiger partial charge is 0.220 e. The molecular weight excluding hydrogens is 282 g/mol. The van der Waals surface area contributed by atoms with E-state index in [1.807, 2.05) is 29.6 Å². The lowest BCUT2D eigenvalue weighted by Crippen LogP contribution is -2.28. The van der Waals surface area contributed by atoms with Gasteiger partial charge in [0, 0.05) is 12.0 Å². The zero-order valence-corrected chi connectivity index (χ0v) is 13.3. The van der Waals surface area contributed by atoms with Crippen LogP contribution in [0.3, 0.4) is 0 Å². The van der Waals surface area contributed by atoms with Crippen molar-refractivity contribution in [2.45, 2.75) is 32.2 Å². The fraction of sp³-hybridized carbons (Fsp3) is 0.353. The van der Waals surface area contributed by atoms with Gasteiger partial charge in [-0.2, -0.15) is 11.3 Å². The van der Waals surface area contributed by atoms with Crippen molar-refractivity contribution in [3.8, 4) is 5.75 Å². The summed E-state index contributed by atoms with van der Waals surface area (Å²) >= 11 is 1.66. The van der Waals surface area contributed by atoms with Crippen LogP contribution in [-0.2, 0) is 11.2 Å². The monoisotopic (exact) mass is 303 g/mol. The van der Waals surface area contributed by atoms with Crippen LogP contribution >= 0.6 is 11.3 Å². The number of amides is 1.